The van der Waals surface area contributed by atoms with E-state index in [2.05, 4.69) is 193 Å². The molecule has 2 heteroatoms. The van der Waals surface area contributed by atoms with Crippen molar-refractivity contribution >= 4 is 39.6 Å². The van der Waals surface area contributed by atoms with E-state index in [1.54, 1.807) is 0 Å². The Hall–Kier alpha value is -5.83. The maximum atomic E-state index is 2.41. The molecule has 8 aromatic carbocycles. The van der Waals surface area contributed by atoms with Crippen LogP contribution in [0.3, 0.4) is 0 Å². The molecule has 0 aromatic heterocycles. The van der Waals surface area contributed by atoms with E-state index in [1.807, 2.05) is 11.8 Å². The number of rotatable bonds is 5. The van der Waals surface area contributed by atoms with Gasteiger partial charge < -0.3 is 4.90 Å². The maximum Gasteiger partial charge on any atom is 0.0540 e. The summed E-state index contributed by atoms with van der Waals surface area (Å²) in [5, 5.41) is 2.50. The van der Waals surface area contributed by atoms with Crippen molar-refractivity contribution in [2.24, 2.45) is 0 Å². The van der Waals surface area contributed by atoms with Crippen molar-refractivity contribution in [1.29, 1.82) is 0 Å². The van der Waals surface area contributed by atoms with Crippen LogP contribution in [0.2, 0.25) is 0 Å². The molecule has 0 atom stereocenters. The molecule has 0 spiro atoms. The highest BCUT2D eigenvalue weighted by molar-refractivity contribution is 7.99. The second-order valence-corrected chi connectivity index (χ2v) is 13.2. The topological polar surface area (TPSA) is 3.24 Å². The summed E-state index contributed by atoms with van der Waals surface area (Å²) < 4.78 is 0. The van der Waals surface area contributed by atoms with E-state index < -0.39 is 0 Å². The molecular formula is C46H31NS. The highest BCUT2D eigenvalue weighted by Crippen LogP contribution is 2.51. The van der Waals surface area contributed by atoms with Crippen molar-refractivity contribution in [3.63, 3.8) is 0 Å². The summed E-state index contributed by atoms with van der Waals surface area (Å²) >= 11 is 1.86. The molecule has 1 aliphatic rings. The first-order valence-electron chi connectivity index (χ1n) is 16.4. The monoisotopic (exact) mass is 629 g/mol. The zero-order chi connectivity index (χ0) is 31.9. The van der Waals surface area contributed by atoms with Crippen LogP contribution >= 0.6 is 11.8 Å². The lowest BCUT2D eigenvalue weighted by molar-refractivity contribution is 1.30. The summed E-state index contributed by atoms with van der Waals surface area (Å²) in [6.45, 7) is 0. The van der Waals surface area contributed by atoms with E-state index >= 15 is 0 Å². The summed E-state index contributed by atoms with van der Waals surface area (Å²) in [5.74, 6) is 0. The van der Waals surface area contributed by atoms with Crippen molar-refractivity contribution in [2.45, 2.75) is 9.79 Å². The maximum absolute atomic E-state index is 2.41. The molecular weight excluding hydrogens is 599 g/mol. The van der Waals surface area contributed by atoms with Gasteiger partial charge in [-0.2, -0.15) is 0 Å². The number of hydrogen-bond donors (Lipinski definition) is 0. The third-order valence-electron chi connectivity index (χ3n) is 9.30. The van der Waals surface area contributed by atoms with Crippen LogP contribution in [0.1, 0.15) is 0 Å². The molecule has 9 rings (SSSR count). The van der Waals surface area contributed by atoms with Crippen LogP contribution in [0.4, 0.5) is 17.1 Å². The molecule has 0 saturated carbocycles. The molecule has 0 amide bonds. The van der Waals surface area contributed by atoms with Gasteiger partial charge in [0.1, 0.15) is 0 Å². The van der Waals surface area contributed by atoms with E-state index in [0.29, 0.717) is 0 Å². The average Bonchev–Trinajstić information content (AvgIpc) is 3.16. The summed E-state index contributed by atoms with van der Waals surface area (Å²) in [5.41, 5.74) is 13.3. The molecule has 0 saturated heterocycles. The van der Waals surface area contributed by atoms with E-state index in [-0.39, 0.29) is 0 Å². The molecule has 0 bridgehead atoms. The Bertz CT molecular complexity index is 2260. The van der Waals surface area contributed by atoms with Crippen molar-refractivity contribution in [2.75, 3.05) is 4.90 Å². The minimum atomic E-state index is 1.12. The average molecular weight is 630 g/mol. The van der Waals surface area contributed by atoms with Crippen LogP contribution in [0.25, 0.3) is 55.3 Å². The predicted molar refractivity (Wildman–Crippen MR) is 204 cm³/mol. The van der Waals surface area contributed by atoms with Gasteiger partial charge in [0, 0.05) is 26.6 Å². The summed E-state index contributed by atoms with van der Waals surface area (Å²) in [6.07, 6.45) is 0. The molecule has 1 heterocycles. The van der Waals surface area contributed by atoms with Gasteiger partial charge in [-0.3, -0.25) is 0 Å². The fraction of sp³-hybridized carbons (Fsp3) is 0. The lowest BCUT2D eigenvalue weighted by Crippen LogP contribution is -2.11. The standard InChI is InChI=1S/C46H31NS/c1-3-12-32(13-4-1)34-22-26-36(27-23-34)47(37-28-24-35(25-29-37)33-14-5-2-6-15-33)43-31-30-41-39-17-8-10-21-45(39)48-44-20-9-7-16-38(44)40-18-11-19-42(43)46(40)41/h1-31H. The quantitative estimate of drug-likeness (QED) is 0.186. The smallest absolute Gasteiger partial charge is 0.0540 e. The van der Waals surface area contributed by atoms with E-state index in [9.17, 15) is 0 Å². The first kappa shape index (κ1) is 28.4. The van der Waals surface area contributed by atoms with Gasteiger partial charge in [-0.05, 0) is 92.4 Å². The van der Waals surface area contributed by atoms with Gasteiger partial charge in [-0.25, -0.2) is 0 Å². The largest absolute Gasteiger partial charge is 0.310 e. The van der Waals surface area contributed by atoms with E-state index in [1.165, 1.54) is 65.1 Å². The van der Waals surface area contributed by atoms with Crippen molar-refractivity contribution < 1.29 is 0 Å². The highest BCUT2D eigenvalue weighted by Gasteiger charge is 2.23. The van der Waals surface area contributed by atoms with Gasteiger partial charge in [0.15, 0.2) is 0 Å². The Labute approximate surface area is 285 Å². The van der Waals surface area contributed by atoms with Gasteiger partial charge in [0.25, 0.3) is 0 Å². The fourth-order valence-corrected chi connectivity index (χ4v) is 8.11. The second kappa shape index (κ2) is 12.1. The summed E-state index contributed by atoms with van der Waals surface area (Å²) in [6, 6.07) is 68.2. The molecule has 226 valence electrons. The normalized spacial score (nSPS) is 11.7. The van der Waals surface area contributed by atoms with Crippen molar-refractivity contribution in [3.8, 4) is 44.5 Å². The number of hydrogen-bond acceptors (Lipinski definition) is 2. The first-order valence-corrected chi connectivity index (χ1v) is 17.2. The second-order valence-electron chi connectivity index (χ2n) is 12.1. The van der Waals surface area contributed by atoms with Gasteiger partial charge in [-0.15, -0.1) is 0 Å². The lowest BCUT2D eigenvalue weighted by atomic mass is 9.90. The molecule has 0 fully saturated rings. The summed E-state index contributed by atoms with van der Waals surface area (Å²) in [4.78, 5) is 4.97. The minimum absolute atomic E-state index is 1.12. The van der Waals surface area contributed by atoms with E-state index in [0.717, 1.165) is 17.1 Å². The van der Waals surface area contributed by atoms with Crippen LogP contribution in [0, 0.1) is 0 Å². The van der Waals surface area contributed by atoms with Crippen LogP contribution < -0.4 is 4.90 Å². The molecule has 0 unspecified atom stereocenters. The Morgan fingerprint density at radius 2 is 0.750 bits per heavy atom. The molecule has 8 aromatic rings. The van der Waals surface area contributed by atoms with Crippen LogP contribution in [0.5, 0.6) is 0 Å². The molecule has 0 radical (unpaired) electrons. The third kappa shape index (κ3) is 4.99. The van der Waals surface area contributed by atoms with Crippen LogP contribution in [0.15, 0.2) is 198 Å². The summed E-state index contributed by atoms with van der Waals surface area (Å²) in [7, 11) is 0. The zero-order valence-corrected chi connectivity index (χ0v) is 27.1. The Morgan fingerprint density at radius 3 is 1.29 bits per heavy atom. The lowest BCUT2D eigenvalue weighted by Gasteiger charge is -2.29. The molecule has 0 N–H and O–H groups in total. The van der Waals surface area contributed by atoms with Crippen molar-refractivity contribution in [3.05, 3.63) is 188 Å². The predicted octanol–water partition coefficient (Wildman–Crippen LogP) is 13.4. The Kier molecular flexibility index (Phi) is 7.14. The number of benzene rings is 8. The SMILES string of the molecule is c1ccc(-c2ccc(N(c3ccc(-c4ccccc4)cc3)c3ccc4c5c(cccc35)-c3ccccc3Sc3ccccc3-4)cc2)cc1. The van der Waals surface area contributed by atoms with Crippen LogP contribution in [-0.4, -0.2) is 0 Å². The number of nitrogens with zero attached hydrogens (tertiary/aromatic N) is 1. The van der Waals surface area contributed by atoms with Gasteiger partial charge in [-0.1, -0.05) is 157 Å². The fourth-order valence-electron chi connectivity index (χ4n) is 7.00. The molecule has 1 nitrogen and oxygen atoms in total. The first-order chi connectivity index (χ1) is 23.8. The van der Waals surface area contributed by atoms with E-state index in [4.69, 9.17) is 0 Å². The van der Waals surface area contributed by atoms with Crippen molar-refractivity contribution in [1.82, 2.24) is 0 Å². The van der Waals surface area contributed by atoms with Gasteiger partial charge in [0.2, 0.25) is 0 Å². The number of fused-ring (bicyclic) bond motifs is 4. The zero-order valence-electron chi connectivity index (χ0n) is 26.3. The van der Waals surface area contributed by atoms with Gasteiger partial charge >= 0.3 is 0 Å². The Morgan fingerprint density at radius 1 is 0.312 bits per heavy atom. The van der Waals surface area contributed by atoms with Crippen LogP contribution in [-0.2, 0) is 0 Å². The molecule has 48 heavy (non-hydrogen) atoms. The third-order valence-corrected chi connectivity index (χ3v) is 10.4. The molecule has 0 aliphatic carbocycles. The molecule has 1 aliphatic heterocycles. The Balaban J connectivity index is 1.28. The highest BCUT2D eigenvalue weighted by atomic mass is 32.2. The number of anilines is 3. The minimum Gasteiger partial charge on any atom is -0.310 e. The van der Waals surface area contributed by atoms with Gasteiger partial charge in [0.05, 0.1) is 5.69 Å².